The van der Waals surface area contributed by atoms with Gasteiger partial charge in [-0.3, -0.25) is 0 Å². The smallest absolute Gasteiger partial charge is 0.410 e. The quantitative estimate of drug-likeness (QED) is 0.796. The minimum absolute atomic E-state index is 0.0677. The van der Waals surface area contributed by atoms with E-state index in [1.165, 1.54) is 0 Å². The Bertz CT molecular complexity index is 626. The lowest BCUT2D eigenvalue weighted by Crippen LogP contribution is -2.42. The van der Waals surface area contributed by atoms with Crippen LogP contribution in [0.15, 0.2) is 12.3 Å². The maximum Gasteiger partial charge on any atom is 0.410 e. The van der Waals surface area contributed by atoms with Gasteiger partial charge in [0.25, 0.3) is 0 Å². The Morgan fingerprint density at radius 2 is 2.22 bits per heavy atom. The Labute approximate surface area is 136 Å². The maximum absolute atomic E-state index is 12.4. The molecule has 2 atom stereocenters. The van der Waals surface area contributed by atoms with E-state index >= 15 is 0 Å². The summed E-state index contributed by atoms with van der Waals surface area (Å²) in [4.78, 5) is 18.4. The van der Waals surface area contributed by atoms with Crippen molar-refractivity contribution in [1.29, 1.82) is 0 Å². The van der Waals surface area contributed by atoms with Crippen LogP contribution in [0.4, 0.5) is 4.79 Å². The van der Waals surface area contributed by atoms with Gasteiger partial charge in [0.2, 0.25) is 5.88 Å². The Hall–Kier alpha value is -1.98. The molecule has 3 heterocycles. The summed E-state index contributed by atoms with van der Waals surface area (Å²) in [6.07, 6.45) is 2.86. The number of aromatic nitrogens is 1. The van der Waals surface area contributed by atoms with Gasteiger partial charge in [-0.2, -0.15) is 0 Å². The third-order valence-electron chi connectivity index (χ3n) is 4.28. The fourth-order valence-electron chi connectivity index (χ4n) is 3.43. The lowest BCUT2D eigenvalue weighted by atomic mass is 9.95. The molecule has 0 unspecified atom stereocenters. The summed E-state index contributed by atoms with van der Waals surface area (Å²) in [7, 11) is 1.61. The van der Waals surface area contributed by atoms with E-state index in [4.69, 9.17) is 14.2 Å². The molecule has 6 nitrogen and oxygen atoms in total. The van der Waals surface area contributed by atoms with Gasteiger partial charge in [-0.15, -0.1) is 0 Å². The van der Waals surface area contributed by atoms with Gasteiger partial charge >= 0.3 is 6.09 Å². The highest BCUT2D eigenvalue weighted by Crippen LogP contribution is 2.45. The SMILES string of the molecule is COc1nccc2c1C[C@]1(C[C@H](C)N(C(=O)OC(C)(C)C)C1)O2. The summed E-state index contributed by atoms with van der Waals surface area (Å²) in [5.41, 5.74) is 0.0713. The third-order valence-corrected chi connectivity index (χ3v) is 4.28. The number of methoxy groups -OCH3 is 1. The number of fused-ring (bicyclic) bond motifs is 1. The predicted octanol–water partition coefficient (Wildman–Crippen LogP) is 2.79. The van der Waals surface area contributed by atoms with E-state index in [0.29, 0.717) is 18.8 Å². The van der Waals surface area contributed by atoms with Gasteiger partial charge in [-0.25, -0.2) is 9.78 Å². The number of carbonyl (C=O) groups excluding carboxylic acids is 1. The highest BCUT2D eigenvalue weighted by Gasteiger charge is 2.51. The van der Waals surface area contributed by atoms with E-state index in [1.54, 1.807) is 18.2 Å². The van der Waals surface area contributed by atoms with E-state index in [-0.39, 0.29) is 12.1 Å². The maximum atomic E-state index is 12.4. The molecule has 0 radical (unpaired) electrons. The van der Waals surface area contributed by atoms with Crippen molar-refractivity contribution in [2.45, 2.75) is 57.8 Å². The van der Waals surface area contributed by atoms with Gasteiger partial charge in [0.1, 0.15) is 17.0 Å². The van der Waals surface area contributed by atoms with Crippen molar-refractivity contribution in [3.05, 3.63) is 17.8 Å². The average molecular weight is 320 g/mol. The van der Waals surface area contributed by atoms with E-state index in [2.05, 4.69) is 4.98 Å². The lowest BCUT2D eigenvalue weighted by Gasteiger charge is -2.27. The van der Waals surface area contributed by atoms with Crippen molar-refractivity contribution in [3.63, 3.8) is 0 Å². The standard InChI is InChI=1S/C17H24N2O4/c1-11-8-17(10-19(11)15(20)23-16(2,3)4)9-12-13(22-17)6-7-18-14(12)21-5/h6-7,11H,8-10H2,1-5H3/t11-,17-/m0/s1. The first-order chi connectivity index (χ1) is 10.7. The van der Waals surface area contributed by atoms with Crippen molar-refractivity contribution >= 4 is 6.09 Å². The summed E-state index contributed by atoms with van der Waals surface area (Å²) in [5.74, 6) is 1.40. The molecule has 6 heteroatoms. The molecule has 1 spiro atoms. The molecule has 0 N–H and O–H groups in total. The van der Waals surface area contributed by atoms with Crippen LogP contribution in [0.1, 0.15) is 39.7 Å². The lowest BCUT2D eigenvalue weighted by molar-refractivity contribution is 0.0191. The van der Waals surface area contributed by atoms with Crippen molar-refractivity contribution in [3.8, 4) is 11.6 Å². The zero-order valence-electron chi connectivity index (χ0n) is 14.4. The molecule has 23 heavy (non-hydrogen) atoms. The number of hydrogen-bond acceptors (Lipinski definition) is 5. The molecule has 1 aromatic heterocycles. The van der Waals surface area contributed by atoms with Crippen LogP contribution in [0.3, 0.4) is 0 Å². The van der Waals surface area contributed by atoms with E-state index in [9.17, 15) is 4.79 Å². The summed E-state index contributed by atoms with van der Waals surface area (Å²) >= 11 is 0. The van der Waals surface area contributed by atoms with Crippen LogP contribution in [0, 0.1) is 0 Å². The molecule has 1 aromatic rings. The first kappa shape index (κ1) is 15.9. The molecular weight excluding hydrogens is 296 g/mol. The monoisotopic (exact) mass is 320 g/mol. The topological polar surface area (TPSA) is 60.9 Å². The minimum atomic E-state index is -0.501. The molecule has 1 amide bonds. The van der Waals surface area contributed by atoms with Gasteiger partial charge in [-0.05, 0) is 33.8 Å². The molecule has 0 aromatic carbocycles. The van der Waals surface area contributed by atoms with E-state index in [1.807, 2.05) is 33.8 Å². The van der Waals surface area contributed by atoms with Gasteiger partial charge in [-0.1, -0.05) is 0 Å². The number of rotatable bonds is 1. The summed E-state index contributed by atoms with van der Waals surface area (Å²) in [6, 6.07) is 1.92. The van der Waals surface area contributed by atoms with Crippen molar-refractivity contribution in [2.24, 2.45) is 0 Å². The van der Waals surface area contributed by atoms with Crippen molar-refractivity contribution in [2.75, 3.05) is 13.7 Å². The molecule has 1 fully saturated rings. The van der Waals surface area contributed by atoms with Gasteiger partial charge < -0.3 is 19.1 Å². The highest BCUT2D eigenvalue weighted by atomic mass is 16.6. The summed E-state index contributed by atoms with van der Waals surface area (Å²) < 4.78 is 17.1. The fraction of sp³-hybridized carbons (Fsp3) is 0.647. The second-order valence-corrected chi connectivity index (χ2v) is 7.42. The number of likely N-dealkylation sites (tertiary alicyclic amines) is 1. The first-order valence-corrected chi connectivity index (χ1v) is 7.93. The number of hydrogen-bond donors (Lipinski definition) is 0. The largest absolute Gasteiger partial charge is 0.484 e. The molecule has 1 saturated heterocycles. The molecule has 2 aliphatic rings. The van der Waals surface area contributed by atoms with Crippen LogP contribution >= 0.6 is 0 Å². The Morgan fingerprint density at radius 1 is 1.48 bits per heavy atom. The van der Waals surface area contributed by atoms with Crippen LogP contribution < -0.4 is 9.47 Å². The second-order valence-electron chi connectivity index (χ2n) is 7.42. The van der Waals surface area contributed by atoms with Crippen LogP contribution in [0.5, 0.6) is 11.6 Å². The van der Waals surface area contributed by atoms with Gasteiger partial charge in [0, 0.05) is 25.1 Å². The number of nitrogens with zero attached hydrogens (tertiary/aromatic N) is 2. The zero-order chi connectivity index (χ0) is 16.8. The molecule has 0 aliphatic carbocycles. The van der Waals surface area contributed by atoms with Crippen molar-refractivity contribution in [1.82, 2.24) is 9.88 Å². The summed E-state index contributed by atoms with van der Waals surface area (Å²) in [6.45, 7) is 8.17. The molecule has 2 aliphatic heterocycles. The number of carbonyl (C=O) groups is 1. The average Bonchev–Trinajstić information content (AvgIpc) is 2.95. The van der Waals surface area contributed by atoms with Gasteiger partial charge in [0.05, 0.1) is 19.2 Å². The minimum Gasteiger partial charge on any atom is -0.484 e. The number of amides is 1. The van der Waals surface area contributed by atoms with Crippen LogP contribution in [0.2, 0.25) is 0 Å². The molecule has 3 rings (SSSR count). The Kier molecular flexibility index (Phi) is 3.65. The Balaban J connectivity index is 1.78. The normalized spacial score (nSPS) is 26.1. The van der Waals surface area contributed by atoms with Gasteiger partial charge in [0.15, 0.2) is 0 Å². The molecule has 0 saturated carbocycles. The number of pyridine rings is 1. The second kappa shape index (κ2) is 5.28. The third kappa shape index (κ3) is 2.94. The molecule has 0 bridgehead atoms. The highest BCUT2D eigenvalue weighted by molar-refractivity contribution is 5.69. The van der Waals surface area contributed by atoms with Crippen LogP contribution in [-0.2, 0) is 11.2 Å². The molecule has 126 valence electrons. The molecular formula is C17H24N2O4. The predicted molar refractivity (Wildman–Crippen MR) is 84.9 cm³/mol. The van der Waals surface area contributed by atoms with E-state index < -0.39 is 11.2 Å². The first-order valence-electron chi connectivity index (χ1n) is 7.93. The number of ether oxygens (including phenoxy) is 3. The van der Waals surface area contributed by atoms with E-state index in [0.717, 1.165) is 17.7 Å². The van der Waals surface area contributed by atoms with Crippen molar-refractivity contribution < 1.29 is 19.0 Å². The summed E-state index contributed by atoms with van der Waals surface area (Å²) in [5, 5.41) is 0. The Morgan fingerprint density at radius 3 is 2.87 bits per heavy atom. The van der Waals surface area contributed by atoms with Crippen LogP contribution in [0.25, 0.3) is 0 Å². The van der Waals surface area contributed by atoms with Crippen LogP contribution in [-0.4, -0.2) is 46.9 Å². The zero-order valence-corrected chi connectivity index (χ0v) is 14.4. The fourth-order valence-corrected chi connectivity index (χ4v) is 3.43.